The lowest BCUT2D eigenvalue weighted by molar-refractivity contribution is -0.138. The molecule has 0 aliphatic carbocycles. The fraction of sp³-hybridized carbons (Fsp3) is 0.385. The van der Waals surface area contributed by atoms with Crippen LogP contribution in [0.4, 0.5) is 13.2 Å². The molecule has 0 heterocycles. The average Bonchev–Trinajstić information content (AvgIpc) is 2.35. The van der Waals surface area contributed by atoms with E-state index in [1.165, 1.54) is 18.2 Å². The van der Waals surface area contributed by atoms with Gasteiger partial charge >= 0.3 is 12.1 Å². The third-order valence-electron chi connectivity index (χ3n) is 2.49. The molecule has 1 aromatic rings. The summed E-state index contributed by atoms with van der Waals surface area (Å²) < 4.78 is 42.7. The SMILES string of the molecule is CCOC(=O)C(=N)CCc1ccccc1C(F)(F)F.Cl. The van der Waals surface area contributed by atoms with Crippen molar-refractivity contribution in [3.05, 3.63) is 35.4 Å². The fourth-order valence-corrected chi connectivity index (χ4v) is 1.59. The molecule has 1 rings (SSSR count). The van der Waals surface area contributed by atoms with Gasteiger partial charge in [-0.05, 0) is 25.0 Å². The summed E-state index contributed by atoms with van der Waals surface area (Å²) in [6, 6.07) is 5.14. The number of rotatable bonds is 5. The van der Waals surface area contributed by atoms with E-state index < -0.39 is 17.7 Å². The minimum atomic E-state index is -4.43. The molecule has 0 fully saturated rings. The van der Waals surface area contributed by atoms with Crippen LogP contribution in [0.25, 0.3) is 0 Å². The van der Waals surface area contributed by atoms with E-state index >= 15 is 0 Å². The number of hydrogen-bond acceptors (Lipinski definition) is 3. The van der Waals surface area contributed by atoms with Gasteiger partial charge < -0.3 is 4.74 Å². The smallest absolute Gasteiger partial charge is 0.416 e. The van der Waals surface area contributed by atoms with Crippen LogP contribution in [0.2, 0.25) is 0 Å². The van der Waals surface area contributed by atoms with Crippen molar-refractivity contribution in [2.75, 3.05) is 6.61 Å². The maximum absolute atomic E-state index is 12.7. The van der Waals surface area contributed by atoms with E-state index in [9.17, 15) is 18.0 Å². The molecule has 0 radical (unpaired) electrons. The second kappa shape index (κ2) is 7.89. The molecule has 0 amide bonds. The Bertz CT molecular complexity index is 475. The highest BCUT2D eigenvalue weighted by Crippen LogP contribution is 2.32. The van der Waals surface area contributed by atoms with Gasteiger partial charge in [0.15, 0.2) is 0 Å². The minimum absolute atomic E-state index is 0. The number of hydrogen-bond donors (Lipinski definition) is 1. The molecule has 0 spiro atoms. The maximum Gasteiger partial charge on any atom is 0.416 e. The van der Waals surface area contributed by atoms with Gasteiger partial charge in [-0.1, -0.05) is 18.2 Å². The van der Waals surface area contributed by atoms with Crippen LogP contribution in [-0.4, -0.2) is 18.3 Å². The molecule has 0 saturated carbocycles. The summed E-state index contributed by atoms with van der Waals surface area (Å²) in [5.74, 6) is -0.785. The lowest BCUT2D eigenvalue weighted by Gasteiger charge is -2.12. The van der Waals surface area contributed by atoms with Crippen molar-refractivity contribution in [1.29, 1.82) is 5.41 Å². The zero-order valence-corrected chi connectivity index (χ0v) is 11.6. The van der Waals surface area contributed by atoms with E-state index in [0.29, 0.717) is 0 Å². The number of aryl methyl sites for hydroxylation is 1. The predicted molar refractivity (Wildman–Crippen MR) is 71.4 cm³/mol. The first kappa shape index (κ1) is 18.4. The number of benzene rings is 1. The second-order valence-corrected chi connectivity index (χ2v) is 3.85. The lowest BCUT2D eigenvalue weighted by Crippen LogP contribution is -2.18. The number of esters is 1. The first-order valence-electron chi connectivity index (χ1n) is 5.76. The Labute approximate surface area is 121 Å². The molecule has 0 aliphatic heterocycles. The second-order valence-electron chi connectivity index (χ2n) is 3.85. The summed E-state index contributed by atoms with van der Waals surface area (Å²) in [4.78, 5) is 11.2. The lowest BCUT2D eigenvalue weighted by atomic mass is 10.0. The predicted octanol–water partition coefficient (Wildman–Crippen LogP) is 3.64. The molecular formula is C13H15ClF3NO2. The average molecular weight is 310 g/mol. The number of ether oxygens (including phenoxy) is 1. The highest BCUT2D eigenvalue weighted by Gasteiger charge is 2.32. The van der Waals surface area contributed by atoms with Crippen molar-refractivity contribution in [2.45, 2.75) is 25.9 Å². The summed E-state index contributed by atoms with van der Waals surface area (Å²) in [7, 11) is 0. The molecule has 0 aliphatic rings. The molecule has 112 valence electrons. The molecule has 0 aromatic heterocycles. The van der Waals surface area contributed by atoms with Crippen LogP contribution >= 0.6 is 12.4 Å². The van der Waals surface area contributed by atoms with Gasteiger partial charge in [0, 0.05) is 6.42 Å². The zero-order chi connectivity index (χ0) is 14.5. The van der Waals surface area contributed by atoms with Crippen LogP contribution in [0.3, 0.4) is 0 Å². The van der Waals surface area contributed by atoms with Gasteiger partial charge in [0.05, 0.1) is 12.2 Å². The minimum Gasteiger partial charge on any atom is -0.462 e. The summed E-state index contributed by atoms with van der Waals surface area (Å²) >= 11 is 0. The molecular weight excluding hydrogens is 295 g/mol. The first-order chi connectivity index (χ1) is 8.86. The van der Waals surface area contributed by atoms with Gasteiger partial charge in [0.1, 0.15) is 5.71 Å². The van der Waals surface area contributed by atoms with E-state index in [0.717, 1.165) is 6.07 Å². The highest BCUT2D eigenvalue weighted by molar-refractivity contribution is 6.35. The largest absolute Gasteiger partial charge is 0.462 e. The van der Waals surface area contributed by atoms with Crippen molar-refractivity contribution in [3.8, 4) is 0 Å². The first-order valence-corrected chi connectivity index (χ1v) is 5.76. The highest BCUT2D eigenvalue weighted by atomic mass is 35.5. The quantitative estimate of drug-likeness (QED) is 0.667. The van der Waals surface area contributed by atoms with Crippen LogP contribution in [0.15, 0.2) is 24.3 Å². The Morgan fingerprint density at radius 1 is 1.30 bits per heavy atom. The van der Waals surface area contributed by atoms with Gasteiger partial charge in [-0.2, -0.15) is 13.2 Å². The normalized spacial score (nSPS) is 10.6. The standard InChI is InChI=1S/C13H14F3NO2.ClH/c1-2-19-12(18)11(17)8-7-9-5-3-4-6-10(9)13(14,15)16;/h3-6,17H,2,7-8H2,1H3;1H. The van der Waals surface area contributed by atoms with Crippen LogP contribution < -0.4 is 0 Å². The summed E-state index contributed by atoms with van der Waals surface area (Å²) in [5, 5.41) is 7.42. The number of alkyl halides is 3. The van der Waals surface area contributed by atoms with Gasteiger partial charge in [0.25, 0.3) is 0 Å². The van der Waals surface area contributed by atoms with E-state index in [-0.39, 0.29) is 43.1 Å². The molecule has 0 atom stereocenters. The number of carbonyl (C=O) groups excluding carboxylic acids is 1. The van der Waals surface area contributed by atoms with E-state index in [1.807, 2.05) is 0 Å². The van der Waals surface area contributed by atoms with Gasteiger partial charge in [-0.3, -0.25) is 5.41 Å². The Hall–Kier alpha value is -1.56. The number of halogens is 4. The molecule has 0 unspecified atom stereocenters. The molecule has 20 heavy (non-hydrogen) atoms. The van der Waals surface area contributed by atoms with Crippen LogP contribution in [0.1, 0.15) is 24.5 Å². The zero-order valence-electron chi connectivity index (χ0n) is 10.8. The third-order valence-corrected chi connectivity index (χ3v) is 2.49. The number of nitrogens with one attached hydrogen (secondary N) is 1. The summed E-state index contributed by atoms with van der Waals surface area (Å²) in [6.07, 6.45) is -4.53. The van der Waals surface area contributed by atoms with Crippen molar-refractivity contribution < 1.29 is 22.7 Å². The Balaban J connectivity index is 0.00000361. The molecule has 1 aromatic carbocycles. The van der Waals surface area contributed by atoms with Crippen molar-refractivity contribution in [2.24, 2.45) is 0 Å². The Kier molecular flexibility index (Phi) is 7.28. The summed E-state index contributed by atoms with van der Waals surface area (Å²) in [6.45, 7) is 1.74. The van der Waals surface area contributed by atoms with Crippen molar-refractivity contribution >= 4 is 24.1 Å². The molecule has 0 saturated heterocycles. The van der Waals surface area contributed by atoms with Crippen LogP contribution in [0.5, 0.6) is 0 Å². The van der Waals surface area contributed by atoms with E-state index in [2.05, 4.69) is 4.74 Å². The van der Waals surface area contributed by atoms with E-state index in [1.54, 1.807) is 6.92 Å². The van der Waals surface area contributed by atoms with Gasteiger partial charge in [-0.25, -0.2) is 4.79 Å². The van der Waals surface area contributed by atoms with E-state index in [4.69, 9.17) is 5.41 Å². The summed E-state index contributed by atoms with van der Waals surface area (Å²) in [5.41, 5.74) is -0.977. The molecule has 1 N–H and O–H groups in total. The molecule has 3 nitrogen and oxygen atoms in total. The van der Waals surface area contributed by atoms with Gasteiger partial charge in [-0.15, -0.1) is 12.4 Å². The number of carbonyl (C=O) groups is 1. The Morgan fingerprint density at radius 2 is 1.90 bits per heavy atom. The topological polar surface area (TPSA) is 50.2 Å². The van der Waals surface area contributed by atoms with Crippen molar-refractivity contribution in [3.63, 3.8) is 0 Å². The monoisotopic (exact) mass is 309 g/mol. The van der Waals surface area contributed by atoms with Crippen molar-refractivity contribution in [1.82, 2.24) is 0 Å². The fourth-order valence-electron chi connectivity index (χ4n) is 1.59. The molecule has 7 heteroatoms. The van der Waals surface area contributed by atoms with Gasteiger partial charge in [0.2, 0.25) is 0 Å². The van der Waals surface area contributed by atoms with Crippen LogP contribution in [0, 0.1) is 5.41 Å². The Morgan fingerprint density at radius 3 is 2.45 bits per heavy atom. The van der Waals surface area contributed by atoms with Crippen LogP contribution in [-0.2, 0) is 22.1 Å². The molecule has 0 bridgehead atoms. The maximum atomic E-state index is 12.7. The third kappa shape index (κ3) is 5.21.